The maximum absolute atomic E-state index is 14.2. The number of halogens is 10. The number of nitrogens with one attached hydrogen (secondary N) is 4. The zero-order valence-corrected chi connectivity index (χ0v) is 57.5. The molecule has 0 spiro atoms. The molecule has 0 aliphatic carbocycles. The number of rotatable bonds is 26. The molecule has 0 saturated heterocycles. The van der Waals surface area contributed by atoms with Crippen LogP contribution in [0.4, 0.5) is 63.1 Å². The van der Waals surface area contributed by atoms with Crippen molar-refractivity contribution in [3.05, 3.63) is 224 Å². The van der Waals surface area contributed by atoms with Crippen molar-refractivity contribution in [1.82, 2.24) is 29.7 Å². The summed E-state index contributed by atoms with van der Waals surface area (Å²) in [5.41, 5.74) is 8.15. The van der Waals surface area contributed by atoms with E-state index in [1.807, 2.05) is 63.7 Å². The zero-order chi connectivity index (χ0) is 71.2. The van der Waals surface area contributed by atoms with E-state index in [4.69, 9.17) is 44.8 Å². The first kappa shape index (κ1) is 73.8. The SMILES string of the molecule is CCCN(CCC)c1ccc(-c2nc3cc(C(CC(C)=O)NC(=O)Nc4ccc(C(F)(F)F)c(Cl)c4)ccc3n2Cc2ccc(F)c(F)c2)cc1.CCCN(CCC)c1ccc(-c2nc3cc(C(CC(C)=O)NC(=O)Nc4ccc(Cl)c(Cl)c4)ccc3n2Cc2ccc(F)c(F)c2)cc1. The Bertz CT molecular complexity index is 4520. The molecular weight excluding hydrogens is 1340 g/mol. The van der Waals surface area contributed by atoms with Gasteiger partial charge in [-0.3, -0.25) is 9.59 Å². The van der Waals surface area contributed by atoms with Crippen molar-refractivity contribution in [3.8, 4) is 22.8 Å². The summed E-state index contributed by atoms with van der Waals surface area (Å²) >= 11 is 17.9. The van der Waals surface area contributed by atoms with E-state index in [0.29, 0.717) is 66.2 Å². The average molecular weight is 1420 g/mol. The van der Waals surface area contributed by atoms with E-state index in [9.17, 15) is 49.9 Å². The third kappa shape index (κ3) is 19.1. The number of fused-ring (bicyclic) bond motifs is 2. The van der Waals surface area contributed by atoms with Crippen molar-refractivity contribution >= 4 is 103 Å². The number of imidazole rings is 2. The van der Waals surface area contributed by atoms with Crippen molar-refractivity contribution in [2.75, 3.05) is 46.6 Å². The van der Waals surface area contributed by atoms with Gasteiger partial charge in [-0.1, -0.05) is 86.8 Å². The summed E-state index contributed by atoms with van der Waals surface area (Å²) in [5, 5.41) is 10.9. The van der Waals surface area contributed by atoms with Gasteiger partial charge in [0, 0.05) is 86.0 Å². The van der Waals surface area contributed by atoms with Gasteiger partial charge >= 0.3 is 18.2 Å². The van der Waals surface area contributed by atoms with Crippen LogP contribution < -0.4 is 31.1 Å². The normalized spacial score (nSPS) is 12.0. The van der Waals surface area contributed by atoms with E-state index in [-0.39, 0.29) is 43.2 Å². The number of anilines is 4. The predicted molar refractivity (Wildman–Crippen MR) is 380 cm³/mol. The Morgan fingerprint density at radius 3 is 1.21 bits per heavy atom. The molecule has 0 aliphatic rings. The van der Waals surface area contributed by atoms with Gasteiger partial charge in [-0.2, -0.15) is 13.2 Å². The number of aromatic nitrogens is 4. The van der Waals surface area contributed by atoms with E-state index in [0.717, 1.165) is 116 Å². The molecule has 24 heteroatoms. The van der Waals surface area contributed by atoms with Crippen LogP contribution in [0.1, 0.15) is 120 Å². The Hall–Kier alpha value is -9.44. The molecule has 4 N–H and O–H groups in total. The van der Waals surface area contributed by atoms with E-state index in [2.05, 4.69) is 70.9 Å². The highest BCUT2D eigenvalue weighted by molar-refractivity contribution is 6.42. The largest absolute Gasteiger partial charge is 0.417 e. The molecule has 0 fully saturated rings. The summed E-state index contributed by atoms with van der Waals surface area (Å²) in [4.78, 5) is 65.2. The lowest BCUT2D eigenvalue weighted by molar-refractivity contribution is -0.137. The lowest BCUT2D eigenvalue weighted by Gasteiger charge is -2.24. The van der Waals surface area contributed by atoms with E-state index < -0.39 is 64.2 Å². The van der Waals surface area contributed by atoms with Crippen LogP contribution in [-0.2, 0) is 28.9 Å². The van der Waals surface area contributed by atoms with Crippen molar-refractivity contribution in [1.29, 1.82) is 0 Å². The minimum absolute atomic E-state index is 0.0293. The fourth-order valence-electron chi connectivity index (χ4n) is 11.7. The van der Waals surface area contributed by atoms with Gasteiger partial charge in [-0.15, -0.1) is 0 Å². The third-order valence-electron chi connectivity index (χ3n) is 16.3. The second-order valence-corrected chi connectivity index (χ2v) is 25.3. The van der Waals surface area contributed by atoms with Crippen LogP contribution in [0, 0.1) is 23.3 Å². The Kier molecular flexibility index (Phi) is 24.9. The highest BCUT2D eigenvalue weighted by atomic mass is 35.5. The number of carbonyl (C=O) groups is 4. The van der Waals surface area contributed by atoms with Crippen molar-refractivity contribution < 1.29 is 49.9 Å². The van der Waals surface area contributed by atoms with Gasteiger partial charge in [0.1, 0.15) is 23.2 Å². The van der Waals surface area contributed by atoms with Crippen molar-refractivity contribution in [2.24, 2.45) is 0 Å². The molecule has 99 heavy (non-hydrogen) atoms. The number of amides is 4. The summed E-state index contributed by atoms with van der Waals surface area (Å²) in [6.45, 7) is 15.6. The summed E-state index contributed by atoms with van der Waals surface area (Å²) in [6, 6.07) is 39.4. The van der Waals surface area contributed by atoms with Gasteiger partial charge in [-0.05, 0) is 195 Å². The molecule has 14 nitrogen and oxygen atoms in total. The first-order valence-corrected chi connectivity index (χ1v) is 33.5. The van der Waals surface area contributed by atoms with Crippen LogP contribution >= 0.6 is 34.8 Å². The minimum atomic E-state index is -4.65. The van der Waals surface area contributed by atoms with E-state index >= 15 is 0 Å². The summed E-state index contributed by atoms with van der Waals surface area (Å²) < 4.78 is 99.3. The lowest BCUT2D eigenvalue weighted by atomic mass is 10.0. The molecule has 2 aromatic heterocycles. The molecular formula is C75H74Cl3F7N10O4. The number of benzene rings is 8. The number of alkyl halides is 3. The maximum Gasteiger partial charge on any atom is 0.417 e. The van der Waals surface area contributed by atoms with Gasteiger partial charge in [0.15, 0.2) is 23.3 Å². The molecule has 518 valence electrons. The van der Waals surface area contributed by atoms with Gasteiger partial charge in [0.25, 0.3) is 0 Å². The standard InChI is InChI=1S/C38H37ClF5N5O2.C37H37Cl2F2N5O2/c1-4-16-48(17-5-2)28-11-7-25(8-12-28)36-46-34-20-26(9-15-35(34)49(36)22-24-6-14-31(40)32(41)19-24)33(18-23(3)50)47-37(51)45-27-10-13-29(30(39)21-27)38(42,43)44;1-4-16-45(17-5-2)28-11-7-25(8-12-28)36-43-34-20-26(9-15-35(34)46(36)22-24-6-14-31(40)32(41)19-24)33(18-23(3)47)44-37(48)42-27-10-13-29(38)30(39)21-27/h6-15,19-21,33H,4-5,16-18,22H2,1-3H3,(H2,45,47,51);6-15,19-21,33H,4-5,16-18,22H2,1-3H3,(H2,42,44,48). The molecule has 2 heterocycles. The fraction of sp³-hybridized carbons (Fsp3) is 0.280. The molecule has 4 amide bonds. The number of urea groups is 2. The van der Waals surface area contributed by atoms with E-state index in [1.165, 1.54) is 32.0 Å². The van der Waals surface area contributed by atoms with Crippen LogP contribution in [0.15, 0.2) is 158 Å². The van der Waals surface area contributed by atoms with Gasteiger partial charge in [0.05, 0.1) is 54.8 Å². The third-order valence-corrected chi connectivity index (χ3v) is 17.3. The smallest absolute Gasteiger partial charge is 0.372 e. The minimum Gasteiger partial charge on any atom is -0.372 e. The molecule has 10 rings (SSSR count). The molecule has 2 atom stereocenters. The first-order valence-electron chi connectivity index (χ1n) is 32.4. The number of hydrogen-bond acceptors (Lipinski definition) is 8. The van der Waals surface area contributed by atoms with Crippen LogP contribution in [0.5, 0.6) is 0 Å². The van der Waals surface area contributed by atoms with Gasteiger partial charge in [-0.25, -0.2) is 37.1 Å². The predicted octanol–water partition coefficient (Wildman–Crippen LogP) is 20.0. The summed E-state index contributed by atoms with van der Waals surface area (Å²) in [7, 11) is 0. The average Bonchev–Trinajstić information content (AvgIpc) is 1.63. The number of hydrogen-bond donors (Lipinski definition) is 4. The summed E-state index contributed by atoms with van der Waals surface area (Å²) in [5.74, 6) is -2.86. The Labute approximate surface area is 584 Å². The van der Waals surface area contributed by atoms with Crippen molar-refractivity contribution in [2.45, 2.75) is 111 Å². The first-order chi connectivity index (χ1) is 47.3. The van der Waals surface area contributed by atoms with Crippen LogP contribution in [-0.4, -0.2) is 68.9 Å². The monoisotopic (exact) mass is 1420 g/mol. The Morgan fingerprint density at radius 2 is 0.859 bits per heavy atom. The number of carbonyl (C=O) groups excluding carboxylic acids is 4. The molecule has 2 unspecified atom stereocenters. The number of Topliss-reactive ketones (excluding diaryl/α,β-unsaturated/α-hetero) is 2. The molecule has 0 aliphatic heterocycles. The molecule has 0 radical (unpaired) electrons. The van der Waals surface area contributed by atoms with Gasteiger partial charge < -0.3 is 40.2 Å². The Balaban J connectivity index is 0.000000232. The number of ketones is 2. The highest BCUT2D eigenvalue weighted by Gasteiger charge is 2.33. The summed E-state index contributed by atoms with van der Waals surface area (Å²) in [6.07, 6.45) is -0.620. The fourth-order valence-corrected chi connectivity index (χ4v) is 12.3. The molecule has 10 aromatic rings. The second-order valence-electron chi connectivity index (χ2n) is 24.0. The Morgan fingerprint density at radius 1 is 0.465 bits per heavy atom. The highest BCUT2D eigenvalue weighted by Crippen LogP contribution is 2.38. The molecule has 0 saturated carbocycles. The van der Waals surface area contributed by atoms with E-state index in [1.54, 1.807) is 36.4 Å². The van der Waals surface area contributed by atoms with Gasteiger partial charge in [0.2, 0.25) is 0 Å². The second kappa shape index (κ2) is 33.4. The number of nitrogens with zero attached hydrogens (tertiary/aromatic N) is 6. The van der Waals surface area contributed by atoms with Crippen LogP contribution in [0.25, 0.3) is 44.8 Å². The van der Waals surface area contributed by atoms with Crippen LogP contribution in [0.2, 0.25) is 15.1 Å². The quantitative estimate of drug-likeness (QED) is 0.0390. The maximum atomic E-state index is 14.2. The molecule has 8 aromatic carbocycles. The zero-order valence-electron chi connectivity index (χ0n) is 55.2. The lowest BCUT2D eigenvalue weighted by Crippen LogP contribution is -2.33. The molecule has 0 bridgehead atoms. The topological polar surface area (TPSA) is 159 Å². The van der Waals surface area contributed by atoms with Crippen LogP contribution in [0.3, 0.4) is 0 Å². The van der Waals surface area contributed by atoms with Crippen molar-refractivity contribution in [3.63, 3.8) is 0 Å².